The second-order valence-corrected chi connectivity index (χ2v) is 48.3. The van der Waals surface area contributed by atoms with Crippen molar-refractivity contribution < 1.29 is 18.3 Å². The second kappa shape index (κ2) is 15.6. The van der Waals surface area contributed by atoms with Gasteiger partial charge < -0.3 is 0 Å². The topological polar surface area (TPSA) is 0 Å². The fourth-order valence-corrected chi connectivity index (χ4v) is 35.8. The molecule has 0 aliphatic heterocycles. The fraction of sp³-hybridized carbons (Fsp3) is 0.453. The summed E-state index contributed by atoms with van der Waals surface area (Å²) in [6.45, 7) is 29.0. The molecule has 0 nitrogen and oxygen atoms in total. The molecule has 0 heterocycles. The van der Waals surface area contributed by atoms with Gasteiger partial charge in [-0.2, -0.15) is 0 Å². The van der Waals surface area contributed by atoms with E-state index in [1.54, 1.807) is 24.7 Å². The molecule has 0 N–H and O–H groups in total. The molecule has 0 atom stereocenters. The molecule has 4 aromatic rings. The average molecular weight is 859 g/mol. The van der Waals surface area contributed by atoms with E-state index >= 15 is 0 Å². The number of benzene rings is 4. The maximum absolute atomic E-state index is 4.50. The molecule has 4 aromatic carbocycles. The molecular formula is C53H74Si2Zr. The molecular weight excluding hydrogens is 784 g/mol. The van der Waals surface area contributed by atoms with Crippen LogP contribution in [0.25, 0.3) is 11.1 Å². The molecule has 3 heteroatoms. The average Bonchev–Trinajstić information content (AvgIpc) is 3.85. The minimum atomic E-state index is -4.50. The first-order valence-corrected chi connectivity index (χ1v) is 36.5. The van der Waals surface area contributed by atoms with Gasteiger partial charge in [-0.25, -0.2) is 0 Å². The van der Waals surface area contributed by atoms with E-state index in [9.17, 15) is 0 Å². The van der Waals surface area contributed by atoms with Crippen LogP contribution in [0.1, 0.15) is 120 Å². The Bertz CT molecular complexity index is 2030. The third-order valence-corrected chi connectivity index (χ3v) is 44.2. The summed E-state index contributed by atoms with van der Waals surface area (Å²) in [7, 11) is -3.08. The van der Waals surface area contributed by atoms with E-state index in [2.05, 4.69) is 202 Å². The van der Waals surface area contributed by atoms with E-state index in [1.807, 2.05) is 0 Å². The summed E-state index contributed by atoms with van der Waals surface area (Å²) in [5.41, 5.74) is 11.9. The Morgan fingerprint density at radius 2 is 0.839 bits per heavy atom. The SMILES string of the molecule is CC[Si](CC)(CC)c1ccc([C](c2ccc([Si](CC)(CC)CC)cc2)=[Zr]([CH3])([CH3])([CH]2C=CC=C2)[CH]2c3cc(C(C)(C)C)ccc3-c3ccc(C(C)(C)C)cc32)cc1. The van der Waals surface area contributed by atoms with Crippen molar-refractivity contribution in [2.24, 2.45) is 0 Å². The van der Waals surface area contributed by atoms with Crippen LogP contribution in [0.5, 0.6) is 0 Å². The van der Waals surface area contributed by atoms with Crippen molar-refractivity contribution in [3.8, 4) is 11.1 Å². The van der Waals surface area contributed by atoms with Gasteiger partial charge in [0.15, 0.2) is 0 Å². The molecule has 0 spiro atoms. The van der Waals surface area contributed by atoms with Crippen LogP contribution in [-0.4, -0.2) is 19.4 Å². The fourth-order valence-electron chi connectivity index (χ4n) is 11.5. The number of rotatable bonds is 12. The Morgan fingerprint density at radius 3 is 1.14 bits per heavy atom. The van der Waals surface area contributed by atoms with Crippen molar-refractivity contribution in [2.45, 2.75) is 147 Å². The molecule has 0 unspecified atom stereocenters. The molecule has 56 heavy (non-hydrogen) atoms. The number of allylic oxidation sites excluding steroid dienone is 4. The molecule has 6 rings (SSSR count). The summed E-state index contributed by atoms with van der Waals surface area (Å²) < 4.78 is 8.09. The third-order valence-electron chi connectivity index (χ3n) is 15.8. The van der Waals surface area contributed by atoms with E-state index in [1.165, 1.54) is 69.6 Å². The number of fused-ring (bicyclic) bond motifs is 3. The molecule has 0 fully saturated rings. The van der Waals surface area contributed by atoms with Crippen molar-refractivity contribution in [1.29, 1.82) is 0 Å². The van der Waals surface area contributed by atoms with Crippen LogP contribution in [0.4, 0.5) is 0 Å². The Hall–Kier alpha value is -2.45. The molecule has 0 saturated heterocycles. The van der Waals surface area contributed by atoms with E-state index in [4.69, 9.17) is 0 Å². The van der Waals surface area contributed by atoms with Gasteiger partial charge in [-0.1, -0.05) is 0 Å². The van der Waals surface area contributed by atoms with Crippen molar-refractivity contribution in [3.63, 3.8) is 0 Å². The normalized spacial score (nSPS) is 15.4. The molecule has 2 aliphatic rings. The van der Waals surface area contributed by atoms with Crippen LogP contribution in [0.15, 0.2) is 109 Å². The molecule has 0 saturated carbocycles. The van der Waals surface area contributed by atoms with Crippen molar-refractivity contribution in [2.75, 3.05) is 0 Å². The van der Waals surface area contributed by atoms with Gasteiger partial charge in [0.2, 0.25) is 0 Å². The minimum absolute atomic E-state index is 0.0610. The van der Waals surface area contributed by atoms with Gasteiger partial charge in [-0.05, 0) is 0 Å². The van der Waals surface area contributed by atoms with Gasteiger partial charge >= 0.3 is 348 Å². The first kappa shape index (κ1) is 43.1. The van der Waals surface area contributed by atoms with Gasteiger partial charge in [-0.15, -0.1) is 0 Å². The van der Waals surface area contributed by atoms with Gasteiger partial charge in [0, 0.05) is 0 Å². The van der Waals surface area contributed by atoms with Crippen LogP contribution in [-0.2, 0) is 29.1 Å². The van der Waals surface area contributed by atoms with Crippen molar-refractivity contribution >= 4 is 29.7 Å². The summed E-state index contributed by atoms with van der Waals surface area (Å²) >= 11 is -4.50. The summed E-state index contributed by atoms with van der Waals surface area (Å²) in [4.78, 5) is 0. The molecule has 2 aliphatic carbocycles. The van der Waals surface area contributed by atoms with Crippen LogP contribution < -0.4 is 10.4 Å². The zero-order valence-electron chi connectivity index (χ0n) is 37.8. The van der Waals surface area contributed by atoms with Crippen LogP contribution >= 0.6 is 0 Å². The molecule has 0 aromatic heterocycles. The van der Waals surface area contributed by atoms with Crippen molar-refractivity contribution in [3.05, 3.63) is 143 Å². The standard InChI is InChI=1S/C25H38Si2.C21H25.C5H5.2CH3.Zr/c1-7-26(8-2,9-3)24-17-13-22(14-18-24)21-23-15-19-25(20-16-23)27(10-4,11-5)12-6;1-20(2,3)16-7-9-18-14(12-16)11-15-13-17(21(4,5)6)8-10-19(15)18;1-2-4-5-3-1;;;/h13-20H,7-12H2,1-6H3;7-13H,1-6H3;1-5H;2*1H3;. The molecule has 0 radical (unpaired) electrons. The molecule has 0 bridgehead atoms. The monoisotopic (exact) mass is 856 g/mol. The predicted octanol–water partition coefficient (Wildman–Crippen LogP) is 14.8. The summed E-state index contributed by atoms with van der Waals surface area (Å²) in [6, 6.07) is 43.6. The maximum atomic E-state index is 2.85. The second-order valence-electron chi connectivity index (χ2n) is 20.7. The van der Waals surface area contributed by atoms with E-state index in [0.29, 0.717) is 7.25 Å². The van der Waals surface area contributed by atoms with Gasteiger partial charge in [-0.3, -0.25) is 0 Å². The molecule has 298 valence electrons. The van der Waals surface area contributed by atoms with Crippen LogP contribution in [0.2, 0.25) is 49.2 Å². The van der Waals surface area contributed by atoms with Crippen molar-refractivity contribution in [1.82, 2.24) is 0 Å². The molecule has 0 amide bonds. The van der Waals surface area contributed by atoms with Gasteiger partial charge in [0.25, 0.3) is 0 Å². The zero-order chi connectivity index (χ0) is 40.9. The summed E-state index contributed by atoms with van der Waals surface area (Å²) in [5, 5.41) is 3.27. The predicted molar refractivity (Wildman–Crippen MR) is 255 cm³/mol. The van der Waals surface area contributed by atoms with Gasteiger partial charge in [0.1, 0.15) is 0 Å². The first-order valence-electron chi connectivity index (χ1n) is 22.3. The van der Waals surface area contributed by atoms with E-state index in [0.717, 1.165) is 0 Å². The Balaban J connectivity index is 1.80. The van der Waals surface area contributed by atoms with Crippen LogP contribution in [0.3, 0.4) is 0 Å². The van der Waals surface area contributed by atoms with Crippen LogP contribution in [0, 0.1) is 0 Å². The summed E-state index contributed by atoms with van der Waals surface area (Å²) in [6.07, 6.45) is 9.91. The Morgan fingerprint density at radius 1 is 0.500 bits per heavy atom. The third kappa shape index (κ3) is 7.06. The quantitative estimate of drug-likeness (QED) is 0.125. The first-order chi connectivity index (χ1) is 26.4. The van der Waals surface area contributed by atoms with Gasteiger partial charge in [0.05, 0.1) is 0 Å². The summed E-state index contributed by atoms with van der Waals surface area (Å²) in [5.74, 6) is 0. The Labute approximate surface area is 346 Å². The van der Waals surface area contributed by atoms with E-state index in [-0.39, 0.29) is 10.8 Å². The number of hydrogen-bond acceptors (Lipinski definition) is 0. The van der Waals surface area contributed by atoms with E-state index < -0.39 is 34.4 Å². The Kier molecular flexibility index (Phi) is 12.0. The zero-order valence-corrected chi connectivity index (χ0v) is 42.2. The number of hydrogen-bond donors (Lipinski definition) is 0.